The van der Waals surface area contributed by atoms with Crippen LogP contribution in [0.5, 0.6) is 17.2 Å². The number of benzene rings is 2. The summed E-state index contributed by atoms with van der Waals surface area (Å²) >= 11 is 0. The minimum Gasteiger partial charge on any atom is -0.490 e. The van der Waals surface area contributed by atoms with Gasteiger partial charge >= 0.3 is 0 Å². The molecule has 0 radical (unpaired) electrons. The Kier molecular flexibility index (Phi) is 7.54. The van der Waals surface area contributed by atoms with E-state index in [1.807, 2.05) is 70.2 Å². The van der Waals surface area contributed by atoms with Gasteiger partial charge in [0.25, 0.3) is 5.91 Å². The van der Waals surface area contributed by atoms with Crippen LogP contribution in [-0.2, 0) is 13.2 Å². The van der Waals surface area contributed by atoms with E-state index in [9.17, 15) is 4.79 Å². The summed E-state index contributed by atoms with van der Waals surface area (Å²) in [7, 11) is 0. The Morgan fingerprint density at radius 1 is 0.968 bits per heavy atom. The van der Waals surface area contributed by atoms with Crippen molar-refractivity contribution in [2.75, 3.05) is 18.5 Å². The highest BCUT2D eigenvalue weighted by Gasteiger charge is 2.13. The average Bonchev–Trinajstić information content (AvgIpc) is 3.16. The molecule has 3 aromatic rings. The van der Waals surface area contributed by atoms with Crippen LogP contribution in [0, 0.1) is 6.92 Å². The van der Waals surface area contributed by atoms with Crippen LogP contribution >= 0.6 is 0 Å². The SMILES string of the molecule is CCOc1ccc(COc2ccc(NC(=O)c3cn(CC)nc3C)cc2)cc1OCC. The van der Waals surface area contributed by atoms with E-state index in [1.165, 1.54) is 0 Å². The fourth-order valence-electron chi connectivity index (χ4n) is 3.09. The molecule has 0 bridgehead atoms. The molecule has 1 heterocycles. The van der Waals surface area contributed by atoms with Gasteiger partial charge in [0.2, 0.25) is 0 Å². The minimum atomic E-state index is -0.177. The summed E-state index contributed by atoms with van der Waals surface area (Å²) < 4.78 is 18.9. The first-order chi connectivity index (χ1) is 15.0. The Morgan fingerprint density at radius 2 is 1.68 bits per heavy atom. The van der Waals surface area contributed by atoms with Crippen LogP contribution in [0.1, 0.15) is 42.4 Å². The van der Waals surface area contributed by atoms with Gasteiger partial charge in [-0.15, -0.1) is 0 Å². The molecular formula is C24H29N3O4. The maximum atomic E-state index is 12.5. The van der Waals surface area contributed by atoms with Crippen molar-refractivity contribution in [2.45, 2.75) is 40.8 Å². The van der Waals surface area contributed by atoms with Crippen LogP contribution in [-0.4, -0.2) is 28.9 Å². The number of nitrogens with one attached hydrogen (secondary N) is 1. The van der Waals surface area contributed by atoms with Crippen molar-refractivity contribution in [3.63, 3.8) is 0 Å². The fraction of sp³-hybridized carbons (Fsp3) is 0.333. The number of aryl methyl sites for hydroxylation is 2. The van der Waals surface area contributed by atoms with Gasteiger partial charge < -0.3 is 19.5 Å². The molecule has 0 aliphatic heterocycles. The van der Waals surface area contributed by atoms with E-state index < -0.39 is 0 Å². The van der Waals surface area contributed by atoms with Crippen LogP contribution in [0.15, 0.2) is 48.7 Å². The molecule has 1 amide bonds. The highest BCUT2D eigenvalue weighted by Crippen LogP contribution is 2.29. The topological polar surface area (TPSA) is 74.6 Å². The number of amides is 1. The molecule has 0 atom stereocenters. The van der Waals surface area contributed by atoms with Gasteiger partial charge in [-0.1, -0.05) is 6.07 Å². The van der Waals surface area contributed by atoms with Crippen LogP contribution in [0.2, 0.25) is 0 Å². The molecule has 0 saturated carbocycles. The predicted molar refractivity (Wildman–Crippen MR) is 120 cm³/mol. The van der Waals surface area contributed by atoms with Gasteiger partial charge in [0.1, 0.15) is 12.4 Å². The van der Waals surface area contributed by atoms with Crippen LogP contribution < -0.4 is 19.5 Å². The maximum absolute atomic E-state index is 12.5. The van der Waals surface area contributed by atoms with Gasteiger partial charge in [0.05, 0.1) is 24.5 Å². The summed E-state index contributed by atoms with van der Waals surface area (Å²) in [5.41, 5.74) is 2.96. The lowest BCUT2D eigenvalue weighted by atomic mass is 10.2. The van der Waals surface area contributed by atoms with Crippen molar-refractivity contribution in [1.29, 1.82) is 0 Å². The van der Waals surface area contributed by atoms with Crippen molar-refractivity contribution in [2.24, 2.45) is 0 Å². The van der Waals surface area contributed by atoms with E-state index in [2.05, 4.69) is 10.4 Å². The van der Waals surface area contributed by atoms with Crippen LogP contribution in [0.25, 0.3) is 0 Å². The van der Waals surface area contributed by atoms with Crippen LogP contribution in [0.4, 0.5) is 5.69 Å². The number of hydrogen-bond donors (Lipinski definition) is 1. The van der Waals surface area contributed by atoms with Gasteiger partial charge in [-0.2, -0.15) is 5.10 Å². The first kappa shape index (κ1) is 22.2. The Labute approximate surface area is 182 Å². The fourth-order valence-corrected chi connectivity index (χ4v) is 3.09. The van der Waals surface area contributed by atoms with Crippen LogP contribution in [0.3, 0.4) is 0 Å². The highest BCUT2D eigenvalue weighted by molar-refractivity contribution is 6.04. The molecule has 3 rings (SSSR count). The maximum Gasteiger partial charge on any atom is 0.259 e. The predicted octanol–water partition coefficient (Wildman–Crippen LogP) is 4.84. The third-order valence-corrected chi connectivity index (χ3v) is 4.64. The van der Waals surface area contributed by atoms with Gasteiger partial charge in [0.15, 0.2) is 11.5 Å². The molecule has 31 heavy (non-hydrogen) atoms. The Bertz CT molecular complexity index is 1010. The van der Waals surface area contributed by atoms with E-state index >= 15 is 0 Å². The number of anilines is 1. The average molecular weight is 424 g/mol. The van der Waals surface area contributed by atoms with Crippen molar-refractivity contribution in [3.8, 4) is 17.2 Å². The smallest absolute Gasteiger partial charge is 0.259 e. The van der Waals surface area contributed by atoms with Gasteiger partial charge in [-0.05, 0) is 69.7 Å². The lowest BCUT2D eigenvalue weighted by Gasteiger charge is -2.13. The normalized spacial score (nSPS) is 10.6. The number of hydrogen-bond acceptors (Lipinski definition) is 5. The second-order valence-electron chi connectivity index (χ2n) is 6.90. The standard InChI is InChI=1S/C24H29N3O4/c1-5-27-15-21(17(4)26-27)24(28)25-19-9-11-20(12-10-19)31-16-18-8-13-22(29-6-2)23(14-18)30-7-3/h8-15H,5-7,16H2,1-4H3,(H,25,28). The molecule has 2 aromatic carbocycles. The zero-order valence-electron chi connectivity index (χ0n) is 18.5. The molecule has 0 fully saturated rings. The van der Waals surface area contributed by atoms with Crippen molar-refractivity contribution >= 4 is 11.6 Å². The summed E-state index contributed by atoms with van der Waals surface area (Å²) in [5.74, 6) is 1.97. The Balaban J connectivity index is 1.60. The summed E-state index contributed by atoms with van der Waals surface area (Å²) in [6.07, 6.45) is 1.76. The first-order valence-corrected chi connectivity index (χ1v) is 10.5. The van der Waals surface area contributed by atoms with E-state index in [-0.39, 0.29) is 5.91 Å². The Hall–Kier alpha value is -3.48. The zero-order valence-corrected chi connectivity index (χ0v) is 18.5. The number of ether oxygens (including phenoxy) is 3. The molecule has 0 aliphatic rings. The second kappa shape index (κ2) is 10.5. The molecule has 0 aliphatic carbocycles. The second-order valence-corrected chi connectivity index (χ2v) is 6.90. The van der Waals surface area contributed by atoms with E-state index in [4.69, 9.17) is 14.2 Å². The van der Waals surface area contributed by atoms with E-state index in [0.717, 1.165) is 17.9 Å². The molecule has 0 saturated heterocycles. The molecule has 7 nitrogen and oxygen atoms in total. The number of carbonyl (C=O) groups excluding carboxylic acids is 1. The molecule has 1 N–H and O–H groups in total. The number of carbonyl (C=O) groups is 1. The molecule has 0 unspecified atom stereocenters. The molecule has 0 spiro atoms. The summed E-state index contributed by atoms with van der Waals surface area (Å²) in [6, 6.07) is 13.1. The van der Waals surface area contributed by atoms with Gasteiger partial charge in [-0.25, -0.2) is 0 Å². The van der Waals surface area contributed by atoms with E-state index in [1.54, 1.807) is 10.9 Å². The number of aromatic nitrogens is 2. The zero-order chi connectivity index (χ0) is 22.2. The molecule has 7 heteroatoms. The summed E-state index contributed by atoms with van der Waals surface area (Å²) in [6.45, 7) is 9.96. The Morgan fingerprint density at radius 3 is 2.32 bits per heavy atom. The highest BCUT2D eigenvalue weighted by atomic mass is 16.5. The third kappa shape index (κ3) is 5.78. The summed E-state index contributed by atoms with van der Waals surface area (Å²) in [5, 5.41) is 7.21. The largest absolute Gasteiger partial charge is 0.490 e. The van der Waals surface area contributed by atoms with Crippen molar-refractivity contribution in [1.82, 2.24) is 9.78 Å². The van der Waals surface area contributed by atoms with E-state index in [0.29, 0.717) is 48.3 Å². The number of nitrogens with zero attached hydrogens (tertiary/aromatic N) is 2. The monoisotopic (exact) mass is 423 g/mol. The third-order valence-electron chi connectivity index (χ3n) is 4.64. The molecule has 164 valence electrons. The molecule has 1 aromatic heterocycles. The minimum absolute atomic E-state index is 0.177. The van der Waals surface area contributed by atoms with Crippen molar-refractivity contribution < 1.29 is 19.0 Å². The summed E-state index contributed by atoms with van der Waals surface area (Å²) in [4.78, 5) is 12.5. The lowest BCUT2D eigenvalue weighted by Crippen LogP contribution is -2.12. The van der Waals surface area contributed by atoms with Crippen molar-refractivity contribution in [3.05, 3.63) is 65.5 Å². The lowest BCUT2D eigenvalue weighted by molar-refractivity contribution is 0.102. The number of rotatable bonds is 10. The first-order valence-electron chi connectivity index (χ1n) is 10.5. The van der Waals surface area contributed by atoms with Gasteiger partial charge in [-0.3, -0.25) is 9.48 Å². The molecular weight excluding hydrogens is 394 g/mol. The van der Waals surface area contributed by atoms with Gasteiger partial charge in [0, 0.05) is 18.4 Å². The quantitative estimate of drug-likeness (QED) is 0.505.